The van der Waals surface area contributed by atoms with Crippen molar-refractivity contribution in [1.29, 1.82) is 0 Å². The topological polar surface area (TPSA) is 84.4 Å². The van der Waals surface area contributed by atoms with Gasteiger partial charge in [-0.2, -0.15) is 0 Å². The molecule has 0 bridgehead atoms. The Labute approximate surface area is 252 Å². The van der Waals surface area contributed by atoms with Crippen LogP contribution in [0.25, 0.3) is 11.3 Å². The average Bonchev–Trinajstić information content (AvgIpc) is 3.50. The van der Waals surface area contributed by atoms with Gasteiger partial charge in [-0.1, -0.05) is 24.3 Å². The minimum Gasteiger partial charge on any atom is -0.488 e. The Hall–Kier alpha value is -2.98. The highest BCUT2D eigenvalue weighted by Crippen LogP contribution is 2.37. The Morgan fingerprint density at radius 1 is 1.14 bits per heavy atom. The molecule has 1 N–H and O–H groups in total. The minimum absolute atomic E-state index is 0.355. The monoisotopic (exact) mass is 591 g/mol. The Morgan fingerprint density at radius 3 is 2.76 bits per heavy atom. The maximum Gasteiger partial charge on any atom is 0.309 e. The molecule has 8 nitrogen and oxygen atoms in total. The molecule has 6 rings (SSSR count). The Bertz CT molecular complexity index is 1420. The second-order valence-electron chi connectivity index (χ2n) is 11.8. The van der Waals surface area contributed by atoms with Gasteiger partial charge >= 0.3 is 5.97 Å². The van der Waals surface area contributed by atoms with Crippen LogP contribution in [0.15, 0.2) is 35.7 Å². The number of para-hydroxylation sites is 1. The van der Waals surface area contributed by atoms with Crippen molar-refractivity contribution < 1.29 is 24.1 Å². The smallest absolute Gasteiger partial charge is 0.309 e. The summed E-state index contributed by atoms with van der Waals surface area (Å²) >= 11 is 1.58. The number of anilines is 1. The van der Waals surface area contributed by atoms with Crippen molar-refractivity contribution in [2.24, 2.45) is 5.92 Å². The third-order valence-corrected chi connectivity index (χ3v) is 10.1. The lowest BCUT2D eigenvalue weighted by molar-refractivity contribution is -0.147. The van der Waals surface area contributed by atoms with Crippen LogP contribution in [0.3, 0.4) is 0 Å². The van der Waals surface area contributed by atoms with Crippen LogP contribution in [0.5, 0.6) is 5.75 Å². The molecule has 0 unspecified atom stereocenters. The van der Waals surface area contributed by atoms with Crippen LogP contribution < -0.4 is 9.64 Å². The zero-order valence-corrected chi connectivity index (χ0v) is 25.6. The number of carboxylic acids is 1. The number of aryl methyl sites for hydroxylation is 2. The van der Waals surface area contributed by atoms with Crippen molar-refractivity contribution >= 4 is 22.4 Å². The lowest BCUT2D eigenvalue weighted by atomic mass is 9.91. The third kappa shape index (κ3) is 6.06. The molecule has 0 spiro atoms. The molecular weight excluding hydrogens is 550 g/mol. The van der Waals surface area contributed by atoms with E-state index in [1.54, 1.807) is 18.4 Å². The van der Waals surface area contributed by atoms with Crippen molar-refractivity contribution in [2.75, 3.05) is 44.9 Å². The first kappa shape index (κ1) is 29.1. The first-order valence-corrected chi connectivity index (χ1v) is 15.9. The van der Waals surface area contributed by atoms with E-state index < -0.39 is 11.9 Å². The number of methoxy groups -OCH3 is 1. The number of rotatable bonds is 8. The summed E-state index contributed by atoms with van der Waals surface area (Å²) in [7, 11) is 1.58. The largest absolute Gasteiger partial charge is 0.488 e. The molecule has 3 aromatic rings. The second kappa shape index (κ2) is 12.7. The summed E-state index contributed by atoms with van der Waals surface area (Å²) in [6.45, 7) is 9.87. The number of aliphatic carboxylic acids is 1. The van der Waals surface area contributed by atoms with Crippen molar-refractivity contribution in [3.63, 3.8) is 0 Å². The zero-order valence-electron chi connectivity index (χ0n) is 24.8. The molecule has 42 heavy (non-hydrogen) atoms. The van der Waals surface area contributed by atoms with Crippen molar-refractivity contribution in [3.8, 4) is 17.0 Å². The van der Waals surface area contributed by atoms with Crippen molar-refractivity contribution in [1.82, 2.24) is 9.88 Å². The number of thiazole rings is 1. The summed E-state index contributed by atoms with van der Waals surface area (Å²) in [5.41, 5.74) is 8.40. The van der Waals surface area contributed by atoms with Gasteiger partial charge in [0.25, 0.3) is 0 Å². The summed E-state index contributed by atoms with van der Waals surface area (Å²) in [4.78, 5) is 21.4. The molecular formula is C33H41N3O5S. The highest BCUT2D eigenvalue weighted by molar-refractivity contribution is 7.14. The van der Waals surface area contributed by atoms with Gasteiger partial charge in [0.1, 0.15) is 12.4 Å². The SMILES string of the molecule is CO[C@H]1CN(c2nc(-c3cccc(C)c3OCc3cc(C)c4c(c3)CCN(C3CCOCC3)C4)cs2)CC[C@H]1C(=O)O. The average molecular weight is 592 g/mol. The lowest BCUT2D eigenvalue weighted by Gasteiger charge is -2.38. The highest BCUT2D eigenvalue weighted by atomic mass is 32.1. The van der Waals surface area contributed by atoms with E-state index in [1.165, 1.54) is 22.3 Å². The molecule has 3 aliphatic heterocycles. The molecule has 2 atom stereocenters. The first-order valence-electron chi connectivity index (χ1n) is 15.0. The molecule has 0 amide bonds. The lowest BCUT2D eigenvalue weighted by Crippen LogP contribution is -2.47. The quantitative estimate of drug-likeness (QED) is 0.369. The molecule has 1 aromatic heterocycles. The Balaban J connectivity index is 1.16. The van der Waals surface area contributed by atoms with E-state index >= 15 is 0 Å². The molecule has 4 heterocycles. The van der Waals surface area contributed by atoms with Gasteiger partial charge in [-0.15, -0.1) is 11.3 Å². The molecule has 224 valence electrons. The van der Waals surface area contributed by atoms with Gasteiger partial charge in [-0.05, 0) is 73.4 Å². The number of ether oxygens (including phenoxy) is 3. The van der Waals surface area contributed by atoms with Gasteiger partial charge in [-0.25, -0.2) is 4.98 Å². The van der Waals surface area contributed by atoms with Gasteiger partial charge in [0.05, 0.1) is 17.7 Å². The van der Waals surface area contributed by atoms with Crippen LogP contribution in [0.2, 0.25) is 0 Å². The van der Waals surface area contributed by atoms with Crippen LogP contribution in [0.4, 0.5) is 5.13 Å². The fourth-order valence-corrected chi connectivity index (χ4v) is 7.62. The molecule has 3 aliphatic rings. The fraction of sp³-hybridized carbons (Fsp3) is 0.515. The summed E-state index contributed by atoms with van der Waals surface area (Å²) in [5, 5.41) is 12.5. The predicted octanol–water partition coefficient (Wildman–Crippen LogP) is 5.47. The molecule has 0 aliphatic carbocycles. The van der Waals surface area contributed by atoms with Gasteiger partial charge in [-0.3, -0.25) is 9.69 Å². The molecule has 9 heteroatoms. The summed E-state index contributed by atoms with van der Waals surface area (Å²) in [5.74, 6) is -0.427. The van der Waals surface area contributed by atoms with Gasteiger partial charge in [0.2, 0.25) is 0 Å². The van der Waals surface area contributed by atoms with E-state index in [-0.39, 0.29) is 6.10 Å². The number of carbonyl (C=O) groups is 1. The standard InChI is InChI=1S/C33H41N3O5S/c1-21-5-4-6-26(29-20-42-33(34-29)36-12-8-27(32(37)38)30(18-36)39-3)31(21)41-19-23-15-22(2)28-17-35(11-7-24(28)16-23)25-9-13-40-14-10-25/h4-6,15-16,20,25,27,30H,7-14,17-19H2,1-3H3,(H,37,38)/t27-,30+/m1/s1. The number of aromatic nitrogens is 1. The molecule has 2 saturated heterocycles. The molecule has 0 radical (unpaired) electrons. The number of piperidine rings is 1. The first-order chi connectivity index (χ1) is 20.4. The summed E-state index contributed by atoms with van der Waals surface area (Å²) in [6, 6.07) is 11.5. The molecule has 0 saturated carbocycles. The van der Waals surface area contributed by atoms with Crippen LogP contribution >= 0.6 is 11.3 Å². The number of hydrogen-bond acceptors (Lipinski definition) is 8. The normalized spacial score (nSPS) is 21.7. The number of nitrogens with zero attached hydrogens (tertiary/aromatic N) is 3. The van der Waals surface area contributed by atoms with Gasteiger partial charge in [0, 0.05) is 63.5 Å². The van der Waals surface area contributed by atoms with Gasteiger partial charge < -0.3 is 24.2 Å². The van der Waals surface area contributed by atoms with E-state index in [0.29, 0.717) is 32.2 Å². The van der Waals surface area contributed by atoms with Crippen molar-refractivity contribution in [2.45, 2.75) is 64.8 Å². The van der Waals surface area contributed by atoms with E-state index in [2.05, 4.69) is 53.3 Å². The Kier molecular flexibility index (Phi) is 8.81. The van der Waals surface area contributed by atoms with E-state index in [1.807, 2.05) is 6.07 Å². The van der Waals surface area contributed by atoms with Gasteiger partial charge in [0.15, 0.2) is 5.13 Å². The summed E-state index contributed by atoms with van der Waals surface area (Å²) in [6.07, 6.45) is 3.53. The number of hydrogen-bond donors (Lipinski definition) is 1. The molecule has 2 fully saturated rings. The van der Waals surface area contributed by atoms with Crippen molar-refractivity contribution in [3.05, 3.63) is 63.5 Å². The van der Waals surface area contributed by atoms with E-state index in [0.717, 1.165) is 73.3 Å². The maximum atomic E-state index is 11.6. The maximum absolute atomic E-state index is 11.6. The fourth-order valence-electron chi connectivity index (χ4n) is 6.76. The predicted molar refractivity (Wildman–Crippen MR) is 165 cm³/mol. The van der Waals surface area contributed by atoms with Crippen LogP contribution in [-0.4, -0.2) is 73.1 Å². The third-order valence-electron chi connectivity index (χ3n) is 9.17. The number of carboxylic acid groups (broad SMARTS) is 1. The molecule has 2 aromatic carbocycles. The van der Waals surface area contributed by atoms with Crippen LogP contribution in [-0.2, 0) is 33.8 Å². The van der Waals surface area contributed by atoms with E-state index in [9.17, 15) is 9.90 Å². The minimum atomic E-state index is -0.797. The number of benzene rings is 2. The van der Waals surface area contributed by atoms with E-state index in [4.69, 9.17) is 19.2 Å². The number of fused-ring (bicyclic) bond motifs is 1. The Morgan fingerprint density at radius 2 is 1.98 bits per heavy atom. The van der Waals surface area contributed by atoms with Crippen LogP contribution in [0, 0.1) is 19.8 Å². The second-order valence-corrected chi connectivity index (χ2v) is 12.7. The zero-order chi connectivity index (χ0) is 29.2. The van der Waals surface area contributed by atoms with Crippen LogP contribution in [0.1, 0.15) is 47.1 Å². The highest BCUT2D eigenvalue weighted by Gasteiger charge is 2.35. The summed E-state index contributed by atoms with van der Waals surface area (Å²) < 4.78 is 17.6.